The molecule has 7 heteroatoms. The maximum atomic E-state index is 12.2. The fourth-order valence-electron chi connectivity index (χ4n) is 2.86. The van der Waals surface area contributed by atoms with Crippen molar-refractivity contribution in [2.24, 2.45) is 0 Å². The van der Waals surface area contributed by atoms with Gasteiger partial charge in [-0.25, -0.2) is 0 Å². The quantitative estimate of drug-likeness (QED) is 0.692. The molecule has 6 nitrogen and oxygen atoms in total. The van der Waals surface area contributed by atoms with Gasteiger partial charge in [-0.15, -0.1) is 11.8 Å². The molecule has 154 valence electrons. The van der Waals surface area contributed by atoms with Gasteiger partial charge in [-0.1, -0.05) is 37.6 Å². The van der Waals surface area contributed by atoms with Crippen LogP contribution in [-0.4, -0.2) is 36.7 Å². The zero-order chi connectivity index (χ0) is 20.9. The lowest BCUT2D eigenvalue weighted by Crippen LogP contribution is -2.37. The maximum Gasteiger partial charge on any atom is 0.234 e. The van der Waals surface area contributed by atoms with Crippen molar-refractivity contribution in [1.29, 1.82) is 0 Å². The minimum absolute atomic E-state index is 0.0908. The Morgan fingerprint density at radius 2 is 1.69 bits per heavy atom. The van der Waals surface area contributed by atoms with Crippen LogP contribution in [0.3, 0.4) is 0 Å². The summed E-state index contributed by atoms with van der Waals surface area (Å²) in [5.41, 5.74) is 2.70. The van der Waals surface area contributed by atoms with Crippen LogP contribution in [0.5, 0.6) is 11.5 Å². The van der Waals surface area contributed by atoms with Crippen molar-refractivity contribution in [1.82, 2.24) is 5.32 Å². The van der Waals surface area contributed by atoms with Crippen LogP contribution in [0.2, 0.25) is 0 Å². The highest BCUT2D eigenvalue weighted by Gasteiger charge is 2.24. The van der Waals surface area contributed by atoms with Crippen molar-refractivity contribution < 1.29 is 19.1 Å². The second kappa shape index (κ2) is 9.22. The Morgan fingerprint density at radius 3 is 2.45 bits per heavy atom. The van der Waals surface area contributed by atoms with E-state index >= 15 is 0 Å². The van der Waals surface area contributed by atoms with E-state index in [-0.39, 0.29) is 35.5 Å². The van der Waals surface area contributed by atoms with Gasteiger partial charge in [0, 0.05) is 17.6 Å². The summed E-state index contributed by atoms with van der Waals surface area (Å²) in [6, 6.07) is 13.5. The Balaban J connectivity index is 1.40. The second-order valence-corrected chi connectivity index (χ2v) is 8.62. The van der Waals surface area contributed by atoms with Gasteiger partial charge in [0.05, 0.1) is 11.5 Å². The first-order valence-electron chi connectivity index (χ1n) is 9.44. The van der Waals surface area contributed by atoms with Gasteiger partial charge < -0.3 is 20.1 Å². The number of rotatable bonds is 8. The molecule has 0 bridgehead atoms. The van der Waals surface area contributed by atoms with E-state index < -0.39 is 0 Å². The van der Waals surface area contributed by atoms with Crippen LogP contribution in [0.4, 0.5) is 5.69 Å². The molecule has 2 aromatic rings. The highest BCUT2D eigenvalue weighted by atomic mass is 32.2. The Kier molecular flexibility index (Phi) is 6.69. The smallest absolute Gasteiger partial charge is 0.234 e. The highest BCUT2D eigenvalue weighted by Crippen LogP contribution is 2.36. The van der Waals surface area contributed by atoms with Crippen LogP contribution < -0.4 is 20.1 Å². The van der Waals surface area contributed by atoms with Crippen molar-refractivity contribution in [3.63, 3.8) is 0 Å². The molecule has 0 aliphatic carbocycles. The molecule has 0 radical (unpaired) electrons. The highest BCUT2D eigenvalue weighted by molar-refractivity contribution is 8.00. The van der Waals surface area contributed by atoms with Gasteiger partial charge in [0.1, 0.15) is 0 Å². The number of thioether (sulfide) groups is 1. The van der Waals surface area contributed by atoms with Crippen LogP contribution in [-0.2, 0) is 15.0 Å². The number of benzene rings is 2. The molecule has 0 saturated heterocycles. The van der Waals surface area contributed by atoms with Crippen molar-refractivity contribution in [2.75, 3.05) is 30.2 Å². The van der Waals surface area contributed by atoms with Crippen LogP contribution in [0, 0.1) is 6.92 Å². The van der Waals surface area contributed by atoms with Crippen molar-refractivity contribution in [2.45, 2.75) is 26.2 Å². The summed E-state index contributed by atoms with van der Waals surface area (Å²) in [7, 11) is 0. The first kappa shape index (κ1) is 21.0. The zero-order valence-corrected chi connectivity index (χ0v) is 17.7. The molecule has 0 spiro atoms. The van der Waals surface area contributed by atoms with Gasteiger partial charge in [0.25, 0.3) is 0 Å². The summed E-state index contributed by atoms with van der Waals surface area (Å²) >= 11 is 1.29. The fourth-order valence-corrected chi connectivity index (χ4v) is 3.51. The van der Waals surface area contributed by atoms with Crippen molar-refractivity contribution in [3.8, 4) is 11.5 Å². The fraction of sp³-hybridized carbons (Fsp3) is 0.364. The molecule has 2 amide bonds. The molecule has 1 aliphatic rings. The van der Waals surface area contributed by atoms with E-state index in [0.29, 0.717) is 6.54 Å². The number of ether oxygens (including phenoxy) is 2. The van der Waals surface area contributed by atoms with E-state index in [0.717, 1.165) is 28.3 Å². The van der Waals surface area contributed by atoms with Crippen LogP contribution in [0.25, 0.3) is 0 Å². The number of hydrogen-bond acceptors (Lipinski definition) is 5. The standard InChI is InChI=1S/C22H26N2O4S/c1-15-4-7-17(8-5-15)24-21(26)12-29-11-20(25)23-13-22(2,3)16-6-9-18-19(10-16)28-14-27-18/h4-10H,11-14H2,1-3H3,(H,23,25)(H,24,26). The molecular formula is C22H26N2O4S. The Morgan fingerprint density at radius 1 is 1.00 bits per heavy atom. The van der Waals surface area contributed by atoms with Gasteiger partial charge in [-0.2, -0.15) is 0 Å². The minimum Gasteiger partial charge on any atom is -0.454 e. The van der Waals surface area contributed by atoms with E-state index in [1.165, 1.54) is 11.8 Å². The lowest BCUT2D eigenvalue weighted by molar-refractivity contribution is -0.118. The average molecular weight is 415 g/mol. The molecule has 1 heterocycles. The lowest BCUT2D eigenvalue weighted by atomic mass is 9.84. The van der Waals surface area contributed by atoms with Gasteiger partial charge in [-0.3, -0.25) is 9.59 Å². The third-order valence-electron chi connectivity index (χ3n) is 4.68. The predicted molar refractivity (Wildman–Crippen MR) is 116 cm³/mol. The summed E-state index contributed by atoms with van der Waals surface area (Å²) in [4.78, 5) is 24.2. The maximum absolute atomic E-state index is 12.2. The van der Waals surface area contributed by atoms with Gasteiger partial charge in [-0.05, 0) is 36.8 Å². The molecule has 0 saturated carbocycles. The molecule has 0 fully saturated rings. The predicted octanol–water partition coefficient (Wildman–Crippen LogP) is 3.49. The van der Waals surface area contributed by atoms with Gasteiger partial charge in [0.15, 0.2) is 11.5 Å². The van der Waals surface area contributed by atoms with Crippen LogP contribution >= 0.6 is 11.8 Å². The number of nitrogens with one attached hydrogen (secondary N) is 2. The van der Waals surface area contributed by atoms with E-state index in [1.807, 2.05) is 49.4 Å². The molecule has 3 rings (SSSR count). The number of amides is 2. The largest absolute Gasteiger partial charge is 0.454 e. The van der Waals surface area contributed by atoms with Gasteiger partial charge in [0.2, 0.25) is 18.6 Å². The monoisotopic (exact) mass is 414 g/mol. The molecule has 0 unspecified atom stereocenters. The Hall–Kier alpha value is -2.67. The number of anilines is 1. The van der Waals surface area contributed by atoms with E-state index in [4.69, 9.17) is 9.47 Å². The summed E-state index contributed by atoms with van der Waals surface area (Å²) in [6.45, 7) is 6.85. The molecule has 2 N–H and O–H groups in total. The molecule has 1 aliphatic heterocycles. The third kappa shape index (κ3) is 5.90. The summed E-state index contributed by atoms with van der Waals surface area (Å²) in [6.07, 6.45) is 0. The number of fused-ring (bicyclic) bond motifs is 1. The molecule has 2 aromatic carbocycles. The Labute approximate surface area is 175 Å². The van der Waals surface area contributed by atoms with E-state index in [2.05, 4.69) is 24.5 Å². The average Bonchev–Trinajstić information content (AvgIpc) is 3.16. The topological polar surface area (TPSA) is 76.7 Å². The number of aryl methyl sites for hydroxylation is 1. The van der Waals surface area contributed by atoms with E-state index in [1.54, 1.807) is 0 Å². The molecule has 0 atom stereocenters. The normalized spacial score (nSPS) is 12.5. The van der Waals surface area contributed by atoms with Crippen molar-refractivity contribution in [3.05, 3.63) is 53.6 Å². The summed E-state index contributed by atoms with van der Waals surface area (Å²) in [5.74, 6) is 1.73. The van der Waals surface area contributed by atoms with E-state index in [9.17, 15) is 9.59 Å². The van der Waals surface area contributed by atoms with Crippen molar-refractivity contribution >= 4 is 29.3 Å². The number of hydrogen-bond donors (Lipinski definition) is 2. The minimum atomic E-state index is -0.260. The third-order valence-corrected chi connectivity index (χ3v) is 5.62. The molecule has 0 aromatic heterocycles. The SMILES string of the molecule is Cc1ccc(NC(=O)CSCC(=O)NCC(C)(C)c2ccc3c(c2)OCO3)cc1. The van der Waals surface area contributed by atoms with Crippen LogP contribution in [0.1, 0.15) is 25.0 Å². The van der Waals surface area contributed by atoms with Crippen LogP contribution in [0.15, 0.2) is 42.5 Å². The lowest BCUT2D eigenvalue weighted by Gasteiger charge is -2.26. The zero-order valence-electron chi connectivity index (χ0n) is 16.9. The second-order valence-electron chi connectivity index (χ2n) is 7.64. The first-order chi connectivity index (χ1) is 13.8. The summed E-state index contributed by atoms with van der Waals surface area (Å²) in [5, 5.41) is 5.78. The number of carbonyl (C=O) groups is 2. The first-order valence-corrected chi connectivity index (χ1v) is 10.6. The number of carbonyl (C=O) groups excluding carboxylic acids is 2. The molecule has 29 heavy (non-hydrogen) atoms. The summed E-state index contributed by atoms with van der Waals surface area (Å²) < 4.78 is 10.8. The Bertz CT molecular complexity index is 881. The molecular weight excluding hydrogens is 388 g/mol. The van der Waals surface area contributed by atoms with Gasteiger partial charge >= 0.3 is 0 Å².